The third-order valence-electron chi connectivity index (χ3n) is 9.94. The number of thioether (sulfide) groups is 1. The SMILES string of the molecule is CCCC(=O)N1CCN(C(=O)C2(Sc3ccc(C)cc3)CC(=O)N(Cc3ccc(-c4ccccc4)cc3)C2c2c[nH]c3cc(Cl)ccc23)CC1. The van der Waals surface area contributed by atoms with Crippen molar-refractivity contribution in [1.29, 1.82) is 0 Å². The topological polar surface area (TPSA) is 76.7 Å². The number of aromatic amines is 1. The average Bonchev–Trinajstić information content (AvgIpc) is 3.66. The number of nitrogens with zero attached hydrogens (tertiary/aromatic N) is 3. The maximum atomic E-state index is 15.2. The van der Waals surface area contributed by atoms with E-state index in [-0.39, 0.29) is 24.1 Å². The number of rotatable bonds is 9. The predicted octanol–water partition coefficient (Wildman–Crippen LogP) is 8.27. The minimum Gasteiger partial charge on any atom is -0.361 e. The van der Waals surface area contributed by atoms with Gasteiger partial charge < -0.3 is 19.7 Å². The summed E-state index contributed by atoms with van der Waals surface area (Å²) in [6, 6.07) is 31.8. The van der Waals surface area contributed by atoms with Crippen LogP contribution in [0, 0.1) is 6.92 Å². The lowest BCUT2D eigenvalue weighted by Gasteiger charge is -2.42. The van der Waals surface area contributed by atoms with E-state index < -0.39 is 10.8 Å². The Bertz CT molecular complexity index is 2010. The molecule has 2 saturated heterocycles. The first-order chi connectivity index (χ1) is 24.3. The molecule has 4 aromatic carbocycles. The minimum absolute atomic E-state index is 0.0480. The van der Waals surface area contributed by atoms with Gasteiger partial charge in [-0.15, -0.1) is 11.8 Å². The van der Waals surface area contributed by atoms with Gasteiger partial charge in [0.15, 0.2) is 0 Å². The number of nitrogens with one attached hydrogen (secondary N) is 1. The van der Waals surface area contributed by atoms with Crippen LogP contribution in [0.1, 0.15) is 48.9 Å². The molecule has 7 rings (SSSR count). The number of piperazine rings is 1. The van der Waals surface area contributed by atoms with Crippen molar-refractivity contribution in [3.05, 3.63) is 125 Å². The van der Waals surface area contributed by atoms with Gasteiger partial charge in [-0.1, -0.05) is 96.9 Å². The fraction of sp³-hybridized carbons (Fsp3) is 0.293. The second kappa shape index (κ2) is 14.4. The number of hydrogen-bond donors (Lipinski definition) is 1. The Morgan fingerprint density at radius 2 is 1.56 bits per heavy atom. The molecule has 0 spiro atoms. The molecular formula is C41H41ClN4O3S. The van der Waals surface area contributed by atoms with E-state index in [1.807, 2.05) is 95.4 Å². The molecule has 1 N–H and O–H groups in total. The number of carbonyl (C=O) groups excluding carboxylic acids is 3. The number of halogens is 1. The number of aromatic nitrogens is 1. The molecule has 0 bridgehead atoms. The van der Waals surface area contributed by atoms with Crippen LogP contribution in [-0.2, 0) is 20.9 Å². The van der Waals surface area contributed by atoms with Gasteiger partial charge in [0.05, 0.1) is 12.5 Å². The van der Waals surface area contributed by atoms with E-state index in [1.165, 1.54) is 11.8 Å². The Balaban J connectivity index is 1.31. The smallest absolute Gasteiger partial charge is 0.242 e. The fourth-order valence-corrected chi connectivity index (χ4v) is 8.98. The van der Waals surface area contributed by atoms with Gasteiger partial charge in [0, 0.05) is 71.7 Å². The van der Waals surface area contributed by atoms with E-state index in [4.69, 9.17) is 11.6 Å². The van der Waals surface area contributed by atoms with Crippen LogP contribution < -0.4 is 0 Å². The largest absolute Gasteiger partial charge is 0.361 e. The van der Waals surface area contributed by atoms with Crippen LogP contribution in [-0.4, -0.2) is 68.3 Å². The van der Waals surface area contributed by atoms with Crippen LogP contribution in [0.4, 0.5) is 0 Å². The number of benzene rings is 4. The predicted molar refractivity (Wildman–Crippen MR) is 201 cm³/mol. The van der Waals surface area contributed by atoms with Gasteiger partial charge in [0.2, 0.25) is 17.7 Å². The number of likely N-dealkylation sites (tertiary alicyclic amines) is 1. The minimum atomic E-state index is -1.17. The summed E-state index contributed by atoms with van der Waals surface area (Å²) in [5, 5.41) is 1.53. The summed E-state index contributed by atoms with van der Waals surface area (Å²) in [6.07, 6.45) is 3.28. The first kappa shape index (κ1) is 33.9. The average molecular weight is 705 g/mol. The Hall–Kier alpha value is -4.53. The van der Waals surface area contributed by atoms with Crippen molar-refractivity contribution >= 4 is 52.0 Å². The van der Waals surface area contributed by atoms with Crippen molar-refractivity contribution in [1.82, 2.24) is 19.7 Å². The first-order valence-corrected chi connectivity index (χ1v) is 18.5. The Morgan fingerprint density at radius 3 is 2.26 bits per heavy atom. The number of hydrogen-bond acceptors (Lipinski definition) is 4. The Kier molecular flexibility index (Phi) is 9.76. The lowest BCUT2D eigenvalue weighted by molar-refractivity contribution is -0.141. The molecule has 0 saturated carbocycles. The molecule has 2 fully saturated rings. The van der Waals surface area contributed by atoms with Crippen molar-refractivity contribution in [3.8, 4) is 11.1 Å². The second-order valence-electron chi connectivity index (χ2n) is 13.3. The van der Waals surface area contributed by atoms with Gasteiger partial charge in [-0.25, -0.2) is 0 Å². The number of aryl methyl sites for hydroxylation is 1. The third-order valence-corrected chi connectivity index (χ3v) is 11.6. The molecule has 2 aliphatic rings. The van der Waals surface area contributed by atoms with Gasteiger partial charge in [0.1, 0.15) is 4.75 Å². The summed E-state index contributed by atoms with van der Waals surface area (Å²) < 4.78 is -1.17. The highest BCUT2D eigenvalue weighted by Gasteiger charge is 2.60. The zero-order valence-electron chi connectivity index (χ0n) is 28.4. The molecule has 3 amide bonds. The third kappa shape index (κ3) is 6.66. The maximum absolute atomic E-state index is 15.2. The van der Waals surface area contributed by atoms with Crippen molar-refractivity contribution in [2.45, 2.75) is 55.3 Å². The Labute approximate surface area is 302 Å². The summed E-state index contributed by atoms with van der Waals surface area (Å²) in [5.74, 6) is -0.0244. The molecule has 0 radical (unpaired) electrons. The van der Waals surface area contributed by atoms with E-state index in [1.54, 1.807) is 0 Å². The number of carbonyl (C=O) groups is 3. The second-order valence-corrected chi connectivity index (χ2v) is 15.2. The number of amides is 3. The van der Waals surface area contributed by atoms with Crippen molar-refractivity contribution in [2.24, 2.45) is 0 Å². The van der Waals surface area contributed by atoms with Crippen molar-refractivity contribution in [2.75, 3.05) is 26.2 Å². The van der Waals surface area contributed by atoms with Gasteiger partial charge >= 0.3 is 0 Å². The molecule has 2 unspecified atom stereocenters. The highest BCUT2D eigenvalue weighted by Crippen LogP contribution is 2.55. The first-order valence-electron chi connectivity index (χ1n) is 17.3. The van der Waals surface area contributed by atoms with Crippen LogP contribution in [0.2, 0.25) is 5.02 Å². The normalized spacial score (nSPS) is 19.4. The van der Waals surface area contributed by atoms with Crippen molar-refractivity contribution in [3.63, 3.8) is 0 Å². The lowest BCUT2D eigenvalue weighted by atomic mass is 9.90. The summed E-state index contributed by atoms with van der Waals surface area (Å²) in [6.45, 7) is 6.21. The zero-order chi connectivity index (χ0) is 34.8. The van der Waals surface area contributed by atoms with Crippen LogP contribution >= 0.6 is 23.4 Å². The lowest BCUT2D eigenvalue weighted by Crippen LogP contribution is -2.57. The number of H-pyrrole nitrogens is 1. The van der Waals surface area contributed by atoms with Crippen LogP contribution in [0.5, 0.6) is 0 Å². The van der Waals surface area contributed by atoms with E-state index >= 15 is 4.79 Å². The molecule has 2 aliphatic heterocycles. The molecule has 1 aromatic heterocycles. The van der Waals surface area contributed by atoms with Gasteiger partial charge in [-0.2, -0.15) is 0 Å². The molecule has 9 heteroatoms. The molecule has 7 nitrogen and oxygen atoms in total. The summed E-state index contributed by atoms with van der Waals surface area (Å²) in [5.41, 5.74) is 6.07. The van der Waals surface area contributed by atoms with Gasteiger partial charge in [-0.3, -0.25) is 14.4 Å². The number of fused-ring (bicyclic) bond motifs is 1. The van der Waals surface area contributed by atoms with E-state index in [0.29, 0.717) is 44.2 Å². The quantitative estimate of drug-likeness (QED) is 0.168. The molecule has 5 aromatic rings. The van der Waals surface area contributed by atoms with Gasteiger partial charge in [0.25, 0.3) is 0 Å². The maximum Gasteiger partial charge on any atom is 0.242 e. The van der Waals surface area contributed by atoms with Gasteiger partial charge in [-0.05, 0) is 54.3 Å². The highest BCUT2D eigenvalue weighted by atomic mass is 35.5. The standard InChI is InChI=1S/C41H41ClN4O3S/c1-3-7-37(47)44-20-22-45(23-21-44)40(49)41(50-33-17-10-28(2)11-18-33)25-38(48)46(39(41)35-26-43-36-24-32(42)16-19-34(35)36)27-29-12-14-31(15-13-29)30-8-5-4-6-9-30/h4-6,8-19,24,26,39,43H,3,7,20-23,25,27H2,1-2H3. The summed E-state index contributed by atoms with van der Waals surface area (Å²) >= 11 is 7.89. The monoisotopic (exact) mass is 704 g/mol. The molecule has 256 valence electrons. The van der Waals surface area contributed by atoms with E-state index in [0.717, 1.165) is 50.0 Å². The zero-order valence-corrected chi connectivity index (χ0v) is 30.0. The molecular weight excluding hydrogens is 664 g/mol. The Morgan fingerprint density at radius 1 is 0.880 bits per heavy atom. The molecule has 50 heavy (non-hydrogen) atoms. The fourth-order valence-electron chi connectivity index (χ4n) is 7.34. The van der Waals surface area contributed by atoms with E-state index in [2.05, 4.69) is 41.4 Å². The molecule has 2 atom stereocenters. The van der Waals surface area contributed by atoms with Crippen LogP contribution in [0.3, 0.4) is 0 Å². The summed E-state index contributed by atoms with van der Waals surface area (Å²) in [7, 11) is 0. The van der Waals surface area contributed by atoms with Crippen molar-refractivity contribution < 1.29 is 14.4 Å². The summed E-state index contributed by atoms with van der Waals surface area (Å²) in [4.78, 5) is 52.4. The molecule has 0 aliphatic carbocycles. The van der Waals surface area contributed by atoms with Crippen LogP contribution in [0.25, 0.3) is 22.0 Å². The van der Waals surface area contributed by atoms with Crippen LogP contribution in [0.15, 0.2) is 108 Å². The molecule has 3 heterocycles. The van der Waals surface area contributed by atoms with E-state index in [9.17, 15) is 9.59 Å². The highest BCUT2D eigenvalue weighted by molar-refractivity contribution is 8.01.